The number of aromatic nitrogens is 3. The lowest BCUT2D eigenvalue weighted by Crippen LogP contribution is -2.38. The molecular formula is C32H31N5O. The summed E-state index contributed by atoms with van der Waals surface area (Å²) >= 11 is 0. The van der Waals surface area contributed by atoms with Crippen LogP contribution in [0.3, 0.4) is 0 Å². The molecule has 0 saturated heterocycles. The molecule has 3 aromatic carbocycles. The molecule has 2 amide bonds. The molecule has 5 aromatic rings. The van der Waals surface area contributed by atoms with Gasteiger partial charge in [-0.3, -0.25) is 0 Å². The largest absolute Gasteiger partial charge is 0.322 e. The average Bonchev–Trinajstić information content (AvgIpc) is 3.50. The third kappa shape index (κ3) is 4.18. The zero-order valence-electron chi connectivity index (χ0n) is 21.9. The molecule has 1 N–H and O–H groups in total. The number of nitrogens with one attached hydrogen (secondary N) is 1. The summed E-state index contributed by atoms with van der Waals surface area (Å²) in [6, 6.07) is 30.3. The first-order valence-corrected chi connectivity index (χ1v) is 13.1. The lowest BCUT2D eigenvalue weighted by molar-refractivity contribution is 0.194. The van der Waals surface area contributed by atoms with E-state index in [4.69, 9.17) is 5.10 Å². The molecule has 0 aliphatic carbocycles. The van der Waals surface area contributed by atoms with Gasteiger partial charge in [-0.25, -0.2) is 9.48 Å². The van der Waals surface area contributed by atoms with Crippen LogP contribution in [0.2, 0.25) is 0 Å². The summed E-state index contributed by atoms with van der Waals surface area (Å²) in [5.41, 5.74) is 8.18. The second-order valence-corrected chi connectivity index (χ2v) is 9.90. The number of hydrogen-bond acceptors (Lipinski definition) is 2. The molecule has 0 spiro atoms. The second kappa shape index (κ2) is 9.71. The predicted octanol–water partition coefficient (Wildman–Crippen LogP) is 6.98. The average molecular weight is 502 g/mol. The normalized spacial score (nSPS) is 14.5. The molecule has 6 nitrogen and oxygen atoms in total. The van der Waals surface area contributed by atoms with Gasteiger partial charge in [0.1, 0.15) is 5.82 Å². The summed E-state index contributed by atoms with van der Waals surface area (Å²) in [6.45, 7) is 6.67. The van der Waals surface area contributed by atoms with Crippen LogP contribution in [0.15, 0.2) is 97.2 Å². The summed E-state index contributed by atoms with van der Waals surface area (Å²) < 4.78 is 4.23. The van der Waals surface area contributed by atoms with Crippen molar-refractivity contribution in [1.29, 1.82) is 0 Å². The Morgan fingerprint density at radius 1 is 0.921 bits per heavy atom. The summed E-state index contributed by atoms with van der Waals surface area (Å²) in [5.74, 6) is 0.983. The van der Waals surface area contributed by atoms with Crippen molar-refractivity contribution in [3.05, 3.63) is 131 Å². The fourth-order valence-corrected chi connectivity index (χ4v) is 5.46. The van der Waals surface area contributed by atoms with Crippen molar-refractivity contribution in [3.63, 3.8) is 0 Å². The van der Waals surface area contributed by atoms with E-state index in [0.29, 0.717) is 6.54 Å². The van der Waals surface area contributed by atoms with E-state index < -0.39 is 0 Å². The first-order chi connectivity index (χ1) is 18.5. The van der Waals surface area contributed by atoms with Crippen molar-refractivity contribution in [1.82, 2.24) is 19.2 Å². The van der Waals surface area contributed by atoms with Crippen molar-refractivity contribution < 1.29 is 4.79 Å². The van der Waals surface area contributed by atoms with E-state index in [1.54, 1.807) is 0 Å². The van der Waals surface area contributed by atoms with Gasteiger partial charge >= 0.3 is 6.03 Å². The fourth-order valence-electron chi connectivity index (χ4n) is 5.46. The van der Waals surface area contributed by atoms with Crippen molar-refractivity contribution in [2.75, 3.05) is 5.32 Å². The van der Waals surface area contributed by atoms with Crippen LogP contribution in [0.5, 0.6) is 0 Å². The monoisotopic (exact) mass is 501 g/mol. The van der Waals surface area contributed by atoms with Crippen LogP contribution in [0.1, 0.15) is 46.6 Å². The molecule has 0 radical (unpaired) electrons. The topological polar surface area (TPSA) is 55.1 Å². The van der Waals surface area contributed by atoms with Crippen LogP contribution in [-0.4, -0.2) is 25.3 Å². The van der Waals surface area contributed by atoms with Gasteiger partial charge in [0.2, 0.25) is 0 Å². The van der Waals surface area contributed by atoms with Gasteiger partial charge in [-0.1, -0.05) is 67.1 Å². The Hall–Kier alpha value is -4.58. The standard InChI is InChI=1S/C32H31N5O/c1-4-28-27-21-36(32(38)33-25-14-9-12-23(3)20-25)30(24-13-8-11-22(2)19-24)29-17-10-18-35(29)31(27)37(34-28)26-15-6-5-7-16-26/h5-20,30H,4,21H2,1-3H3,(H,33,38)/t30-/m0/s1. The number of aryl methyl sites for hydroxylation is 3. The van der Waals surface area contributed by atoms with E-state index >= 15 is 0 Å². The fraction of sp³-hybridized carbons (Fsp3) is 0.188. The highest BCUT2D eigenvalue weighted by atomic mass is 16.2. The number of nitrogens with zero attached hydrogens (tertiary/aromatic N) is 4. The predicted molar refractivity (Wildman–Crippen MR) is 151 cm³/mol. The van der Waals surface area contributed by atoms with E-state index in [1.807, 2.05) is 59.0 Å². The third-order valence-electron chi connectivity index (χ3n) is 7.19. The van der Waals surface area contributed by atoms with Gasteiger partial charge in [-0.2, -0.15) is 5.10 Å². The van der Waals surface area contributed by atoms with Crippen LogP contribution in [-0.2, 0) is 13.0 Å². The number of carbonyl (C=O) groups excluding carboxylic acids is 1. The molecule has 0 bridgehead atoms. The van der Waals surface area contributed by atoms with Crippen molar-refractivity contribution in [2.45, 2.75) is 39.8 Å². The molecule has 1 aliphatic heterocycles. The number of fused-ring (bicyclic) bond motifs is 3. The second-order valence-electron chi connectivity index (χ2n) is 9.90. The number of benzene rings is 3. The number of urea groups is 1. The van der Waals surface area contributed by atoms with E-state index in [1.165, 1.54) is 0 Å². The molecule has 2 aromatic heterocycles. The van der Waals surface area contributed by atoms with Gasteiger partial charge < -0.3 is 14.8 Å². The molecular weight excluding hydrogens is 470 g/mol. The first kappa shape index (κ1) is 23.8. The minimum Gasteiger partial charge on any atom is -0.308 e. The van der Waals surface area contributed by atoms with Gasteiger partial charge in [0.05, 0.1) is 29.7 Å². The maximum Gasteiger partial charge on any atom is 0.322 e. The summed E-state index contributed by atoms with van der Waals surface area (Å²) in [5, 5.41) is 8.21. The molecule has 38 heavy (non-hydrogen) atoms. The van der Waals surface area contributed by atoms with E-state index in [9.17, 15) is 4.79 Å². The lowest BCUT2D eigenvalue weighted by Gasteiger charge is -2.31. The lowest BCUT2D eigenvalue weighted by atomic mass is 10.00. The molecule has 6 rings (SSSR count). The number of para-hydroxylation sites is 1. The molecule has 190 valence electrons. The van der Waals surface area contributed by atoms with Crippen molar-refractivity contribution in [3.8, 4) is 11.5 Å². The Balaban J connectivity index is 1.56. The quantitative estimate of drug-likeness (QED) is 0.289. The van der Waals surface area contributed by atoms with Crippen molar-refractivity contribution in [2.24, 2.45) is 0 Å². The van der Waals surface area contributed by atoms with Crippen LogP contribution < -0.4 is 5.32 Å². The Labute approximate surface area is 223 Å². The first-order valence-electron chi connectivity index (χ1n) is 13.1. The third-order valence-corrected chi connectivity index (χ3v) is 7.19. The maximum atomic E-state index is 14.1. The molecule has 1 aliphatic rings. The number of rotatable bonds is 4. The number of amides is 2. The van der Waals surface area contributed by atoms with Gasteiger partial charge in [0.15, 0.2) is 0 Å². The van der Waals surface area contributed by atoms with Gasteiger partial charge in [-0.05, 0) is 67.8 Å². The summed E-state index contributed by atoms with van der Waals surface area (Å²) in [6.07, 6.45) is 2.85. The van der Waals surface area contributed by atoms with Crippen LogP contribution >= 0.6 is 0 Å². The van der Waals surface area contributed by atoms with Gasteiger partial charge in [0.25, 0.3) is 0 Å². The SMILES string of the molecule is CCc1nn(-c2ccccc2)c2c1CN(C(=O)Nc1cccc(C)c1)[C@@H](c1cccc(C)c1)c1cccn1-2. The Morgan fingerprint density at radius 3 is 2.42 bits per heavy atom. The summed E-state index contributed by atoms with van der Waals surface area (Å²) in [7, 11) is 0. The minimum absolute atomic E-state index is 0.141. The van der Waals surface area contributed by atoms with E-state index in [0.717, 1.165) is 57.3 Å². The molecule has 0 fully saturated rings. The molecule has 3 heterocycles. The maximum absolute atomic E-state index is 14.1. The number of carbonyl (C=O) groups is 1. The summed E-state index contributed by atoms with van der Waals surface area (Å²) in [4.78, 5) is 16.0. The van der Waals surface area contributed by atoms with Gasteiger partial charge in [-0.15, -0.1) is 0 Å². The number of hydrogen-bond donors (Lipinski definition) is 1. The highest BCUT2D eigenvalue weighted by Gasteiger charge is 2.36. The Morgan fingerprint density at radius 2 is 1.68 bits per heavy atom. The molecule has 0 saturated carbocycles. The minimum atomic E-state index is -0.281. The molecule has 6 heteroatoms. The zero-order chi connectivity index (χ0) is 26.2. The number of anilines is 1. The van der Waals surface area contributed by atoms with Crippen LogP contribution in [0, 0.1) is 13.8 Å². The zero-order valence-corrected chi connectivity index (χ0v) is 21.9. The van der Waals surface area contributed by atoms with Crippen molar-refractivity contribution >= 4 is 11.7 Å². The Kier molecular flexibility index (Phi) is 6.08. The highest BCUT2D eigenvalue weighted by Crippen LogP contribution is 2.39. The molecule has 0 unspecified atom stereocenters. The Bertz CT molecular complexity index is 1610. The van der Waals surface area contributed by atoms with Gasteiger partial charge in [0, 0.05) is 17.4 Å². The molecule has 1 atom stereocenters. The van der Waals surface area contributed by atoms with E-state index in [2.05, 4.69) is 78.5 Å². The van der Waals surface area contributed by atoms with Crippen LogP contribution in [0.4, 0.5) is 10.5 Å². The highest BCUT2D eigenvalue weighted by molar-refractivity contribution is 5.90. The smallest absolute Gasteiger partial charge is 0.308 e. The van der Waals surface area contributed by atoms with Crippen LogP contribution in [0.25, 0.3) is 11.5 Å². The van der Waals surface area contributed by atoms with E-state index in [-0.39, 0.29) is 12.1 Å².